The van der Waals surface area contributed by atoms with Crippen LogP contribution in [0.15, 0.2) is 0 Å². The Balaban J connectivity index is 2.55. The van der Waals surface area contributed by atoms with Crippen molar-refractivity contribution in [3.05, 3.63) is 0 Å². The Kier molecular flexibility index (Phi) is 4.55. The minimum Gasteiger partial charge on any atom is -0.298 e. The molecule has 3 N–H and O–H groups in total. The summed E-state index contributed by atoms with van der Waals surface area (Å²) in [5.74, 6) is 6.28. The number of nitrogens with one attached hydrogen (secondary N) is 1. The quantitative estimate of drug-likeness (QED) is 0.533. The zero-order chi connectivity index (χ0) is 10.6. The molecular formula is C11H22N2O. The molecular weight excluding hydrogens is 176 g/mol. The van der Waals surface area contributed by atoms with Crippen molar-refractivity contribution in [2.24, 2.45) is 17.7 Å². The Labute approximate surface area is 86.4 Å². The summed E-state index contributed by atoms with van der Waals surface area (Å²) >= 11 is 0. The molecule has 82 valence electrons. The molecule has 0 unspecified atom stereocenters. The third-order valence-electron chi connectivity index (χ3n) is 3.18. The number of hydrogen-bond acceptors (Lipinski definition) is 3. The molecule has 3 heteroatoms. The number of nitrogens with two attached hydrogens (primary N) is 1. The van der Waals surface area contributed by atoms with Crippen molar-refractivity contribution in [2.75, 3.05) is 0 Å². The molecule has 1 saturated carbocycles. The molecule has 0 aromatic carbocycles. The number of hydrogen-bond donors (Lipinski definition) is 2. The van der Waals surface area contributed by atoms with E-state index in [0.29, 0.717) is 5.92 Å². The second kappa shape index (κ2) is 5.47. The Bertz CT molecular complexity index is 186. The summed E-state index contributed by atoms with van der Waals surface area (Å²) in [6.07, 6.45) is 6.09. The van der Waals surface area contributed by atoms with Crippen LogP contribution in [0.2, 0.25) is 0 Å². The highest BCUT2D eigenvalue weighted by Gasteiger charge is 2.29. The molecule has 1 rings (SSSR count). The standard InChI is InChI=1S/C11H22N2O/c1-8(2)11(14)10(13-12)9-6-4-3-5-7-9/h8-10,13H,3-7,12H2,1-2H3/t10-/m0/s1. The molecule has 0 amide bonds. The van der Waals surface area contributed by atoms with E-state index in [1.54, 1.807) is 0 Å². The van der Waals surface area contributed by atoms with Crippen molar-refractivity contribution in [1.29, 1.82) is 0 Å². The van der Waals surface area contributed by atoms with E-state index in [1.807, 2.05) is 13.8 Å². The summed E-state index contributed by atoms with van der Waals surface area (Å²) < 4.78 is 0. The van der Waals surface area contributed by atoms with Gasteiger partial charge in [-0.3, -0.25) is 10.6 Å². The van der Waals surface area contributed by atoms with Gasteiger partial charge in [0, 0.05) is 5.92 Å². The van der Waals surface area contributed by atoms with Gasteiger partial charge in [-0.2, -0.15) is 0 Å². The number of carbonyl (C=O) groups excluding carboxylic acids is 1. The van der Waals surface area contributed by atoms with Crippen LogP contribution in [-0.2, 0) is 4.79 Å². The van der Waals surface area contributed by atoms with E-state index in [0.717, 1.165) is 12.8 Å². The van der Waals surface area contributed by atoms with E-state index in [9.17, 15) is 4.79 Å². The number of carbonyl (C=O) groups is 1. The van der Waals surface area contributed by atoms with E-state index < -0.39 is 0 Å². The highest BCUT2D eigenvalue weighted by atomic mass is 16.1. The molecule has 0 radical (unpaired) electrons. The third-order valence-corrected chi connectivity index (χ3v) is 3.18. The number of rotatable bonds is 4. The van der Waals surface area contributed by atoms with Gasteiger partial charge >= 0.3 is 0 Å². The van der Waals surface area contributed by atoms with Gasteiger partial charge in [-0.05, 0) is 18.8 Å². The Hall–Kier alpha value is -0.410. The van der Waals surface area contributed by atoms with Crippen LogP contribution >= 0.6 is 0 Å². The monoisotopic (exact) mass is 198 g/mol. The van der Waals surface area contributed by atoms with E-state index in [-0.39, 0.29) is 17.7 Å². The van der Waals surface area contributed by atoms with Gasteiger partial charge < -0.3 is 0 Å². The molecule has 0 spiro atoms. The van der Waals surface area contributed by atoms with E-state index in [2.05, 4.69) is 5.43 Å². The summed E-state index contributed by atoms with van der Waals surface area (Å²) in [4.78, 5) is 11.8. The first-order valence-electron chi connectivity index (χ1n) is 5.66. The molecule has 0 heterocycles. The fourth-order valence-corrected chi connectivity index (χ4v) is 2.28. The molecule has 0 aromatic heterocycles. The minimum absolute atomic E-state index is 0.0815. The molecule has 14 heavy (non-hydrogen) atoms. The van der Waals surface area contributed by atoms with Gasteiger partial charge in [0.25, 0.3) is 0 Å². The molecule has 1 aliphatic carbocycles. The molecule has 0 bridgehead atoms. The maximum absolute atomic E-state index is 11.8. The number of ketones is 1. The van der Waals surface area contributed by atoms with Crippen LogP contribution in [-0.4, -0.2) is 11.8 Å². The van der Waals surface area contributed by atoms with Gasteiger partial charge in [0.1, 0.15) is 0 Å². The predicted octanol–water partition coefficient (Wildman–Crippen LogP) is 1.62. The highest BCUT2D eigenvalue weighted by molar-refractivity contribution is 5.85. The molecule has 0 aliphatic heterocycles. The van der Waals surface area contributed by atoms with Crippen LogP contribution in [0.5, 0.6) is 0 Å². The lowest BCUT2D eigenvalue weighted by Crippen LogP contribution is -2.48. The number of hydrazine groups is 1. The summed E-state index contributed by atoms with van der Waals surface area (Å²) in [7, 11) is 0. The van der Waals surface area contributed by atoms with Gasteiger partial charge in [0.05, 0.1) is 6.04 Å². The first kappa shape index (κ1) is 11.7. The van der Waals surface area contributed by atoms with Crippen molar-refractivity contribution in [3.63, 3.8) is 0 Å². The Morgan fingerprint density at radius 3 is 2.29 bits per heavy atom. The maximum Gasteiger partial charge on any atom is 0.153 e. The molecule has 3 nitrogen and oxygen atoms in total. The van der Waals surface area contributed by atoms with Gasteiger partial charge in [-0.15, -0.1) is 0 Å². The van der Waals surface area contributed by atoms with Crippen molar-refractivity contribution in [1.82, 2.24) is 5.43 Å². The Morgan fingerprint density at radius 1 is 1.29 bits per heavy atom. The van der Waals surface area contributed by atoms with E-state index >= 15 is 0 Å². The predicted molar refractivity (Wildman–Crippen MR) is 57.5 cm³/mol. The fraction of sp³-hybridized carbons (Fsp3) is 0.909. The fourth-order valence-electron chi connectivity index (χ4n) is 2.28. The summed E-state index contributed by atoms with van der Waals surface area (Å²) in [5.41, 5.74) is 2.70. The SMILES string of the molecule is CC(C)C(=O)[C@@H](NN)C1CCCCC1. The minimum atomic E-state index is -0.115. The smallest absolute Gasteiger partial charge is 0.153 e. The van der Waals surface area contributed by atoms with Crippen LogP contribution in [0.4, 0.5) is 0 Å². The van der Waals surface area contributed by atoms with Crippen LogP contribution < -0.4 is 11.3 Å². The first-order valence-corrected chi connectivity index (χ1v) is 5.66. The topological polar surface area (TPSA) is 55.1 Å². The third kappa shape index (κ3) is 2.79. The Morgan fingerprint density at radius 2 is 1.86 bits per heavy atom. The average molecular weight is 198 g/mol. The molecule has 1 aliphatic rings. The largest absolute Gasteiger partial charge is 0.298 e. The molecule has 1 atom stereocenters. The lowest BCUT2D eigenvalue weighted by atomic mass is 9.80. The normalized spacial score (nSPS) is 21.1. The van der Waals surface area contributed by atoms with Crippen molar-refractivity contribution in [3.8, 4) is 0 Å². The second-order valence-electron chi connectivity index (χ2n) is 4.60. The van der Waals surface area contributed by atoms with Crippen LogP contribution in [0, 0.1) is 11.8 Å². The van der Waals surface area contributed by atoms with Crippen LogP contribution in [0.3, 0.4) is 0 Å². The highest BCUT2D eigenvalue weighted by Crippen LogP contribution is 2.27. The molecule has 0 aromatic rings. The van der Waals surface area contributed by atoms with Crippen LogP contribution in [0.1, 0.15) is 46.0 Å². The van der Waals surface area contributed by atoms with Crippen molar-refractivity contribution < 1.29 is 4.79 Å². The summed E-state index contributed by atoms with van der Waals surface area (Å²) in [6, 6.07) is -0.115. The van der Waals surface area contributed by atoms with Crippen LogP contribution in [0.25, 0.3) is 0 Å². The molecule has 1 fully saturated rings. The van der Waals surface area contributed by atoms with Crippen molar-refractivity contribution >= 4 is 5.78 Å². The van der Waals surface area contributed by atoms with Gasteiger partial charge in [-0.25, -0.2) is 5.43 Å². The van der Waals surface area contributed by atoms with Gasteiger partial charge in [0.15, 0.2) is 5.78 Å². The van der Waals surface area contributed by atoms with E-state index in [4.69, 9.17) is 5.84 Å². The average Bonchev–Trinajstić information content (AvgIpc) is 2.20. The summed E-state index contributed by atoms with van der Waals surface area (Å²) in [5, 5.41) is 0. The van der Waals surface area contributed by atoms with Gasteiger partial charge in [0.2, 0.25) is 0 Å². The van der Waals surface area contributed by atoms with Crippen molar-refractivity contribution in [2.45, 2.75) is 52.0 Å². The zero-order valence-electron chi connectivity index (χ0n) is 9.25. The van der Waals surface area contributed by atoms with Gasteiger partial charge in [-0.1, -0.05) is 33.1 Å². The second-order valence-corrected chi connectivity index (χ2v) is 4.60. The first-order chi connectivity index (χ1) is 6.66. The zero-order valence-corrected chi connectivity index (χ0v) is 9.25. The van der Waals surface area contributed by atoms with E-state index in [1.165, 1.54) is 19.3 Å². The lowest BCUT2D eigenvalue weighted by Gasteiger charge is -2.29. The molecule has 0 saturated heterocycles. The maximum atomic E-state index is 11.8. The summed E-state index contributed by atoms with van der Waals surface area (Å²) in [6.45, 7) is 3.88. The lowest BCUT2D eigenvalue weighted by molar-refractivity contribution is -0.125. The number of Topliss-reactive ketones (excluding diaryl/α,β-unsaturated/α-hetero) is 1.